The second-order valence-electron chi connectivity index (χ2n) is 4.70. The molecule has 2 N–H and O–H groups in total. The van der Waals surface area contributed by atoms with Crippen LogP contribution in [0.15, 0.2) is 48.5 Å². The van der Waals surface area contributed by atoms with Gasteiger partial charge in [-0.1, -0.05) is 30.3 Å². The summed E-state index contributed by atoms with van der Waals surface area (Å²) in [6.07, 6.45) is 0.875. The third-order valence-corrected chi connectivity index (χ3v) is 3.16. The number of nitro groups is 1. The van der Waals surface area contributed by atoms with Crippen molar-refractivity contribution in [3.05, 3.63) is 64.2 Å². The molecule has 0 spiro atoms. The van der Waals surface area contributed by atoms with Crippen molar-refractivity contribution < 1.29 is 4.92 Å². The first-order valence-corrected chi connectivity index (χ1v) is 6.36. The van der Waals surface area contributed by atoms with Crippen LogP contribution in [0.3, 0.4) is 0 Å². The normalized spacial score (nSPS) is 10.2. The number of nitrogen functional groups attached to an aromatic ring is 1. The fraction of sp³-hybridized carbons (Fsp3) is 0.200. The van der Waals surface area contributed by atoms with Gasteiger partial charge in [0.2, 0.25) is 0 Å². The summed E-state index contributed by atoms with van der Waals surface area (Å²) in [4.78, 5) is 12.4. The van der Waals surface area contributed by atoms with Gasteiger partial charge in [0.1, 0.15) is 0 Å². The Morgan fingerprint density at radius 2 is 1.90 bits per heavy atom. The van der Waals surface area contributed by atoms with Crippen molar-refractivity contribution in [1.82, 2.24) is 0 Å². The molecule has 0 aromatic heterocycles. The molecule has 0 fully saturated rings. The Balaban J connectivity index is 2.09. The van der Waals surface area contributed by atoms with Crippen LogP contribution in [0.5, 0.6) is 0 Å². The van der Waals surface area contributed by atoms with E-state index >= 15 is 0 Å². The summed E-state index contributed by atoms with van der Waals surface area (Å²) >= 11 is 0. The number of anilines is 2. The van der Waals surface area contributed by atoms with Crippen molar-refractivity contribution in [2.75, 3.05) is 24.2 Å². The molecule has 0 aliphatic rings. The molecule has 0 aliphatic heterocycles. The predicted molar refractivity (Wildman–Crippen MR) is 80.9 cm³/mol. The lowest BCUT2D eigenvalue weighted by Gasteiger charge is -2.19. The first-order chi connectivity index (χ1) is 9.56. The van der Waals surface area contributed by atoms with E-state index in [-0.39, 0.29) is 5.69 Å². The van der Waals surface area contributed by atoms with Gasteiger partial charge in [-0.05, 0) is 18.1 Å². The van der Waals surface area contributed by atoms with Crippen LogP contribution in [-0.4, -0.2) is 18.5 Å². The summed E-state index contributed by atoms with van der Waals surface area (Å²) in [5.41, 5.74) is 8.13. The number of hydrogen-bond donors (Lipinski definition) is 1. The molecule has 2 rings (SSSR count). The molecule has 0 heterocycles. The second-order valence-corrected chi connectivity index (χ2v) is 4.70. The summed E-state index contributed by atoms with van der Waals surface area (Å²) in [6, 6.07) is 14.8. The van der Waals surface area contributed by atoms with Gasteiger partial charge >= 0.3 is 0 Å². The lowest BCUT2D eigenvalue weighted by Crippen LogP contribution is -2.20. The molecular formula is C15H17N3O2. The van der Waals surface area contributed by atoms with E-state index in [4.69, 9.17) is 5.73 Å². The van der Waals surface area contributed by atoms with E-state index in [1.54, 1.807) is 12.1 Å². The van der Waals surface area contributed by atoms with Gasteiger partial charge < -0.3 is 10.6 Å². The predicted octanol–water partition coefficient (Wildman–Crippen LogP) is 2.86. The maximum Gasteiger partial charge on any atom is 0.273 e. The zero-order chi connectivity index (χ0) is 14.5. The molecule has 0 saturated carbocycles. The monoisotopic (exact) mass is 271 g/mol. The van der Waals surface area contributed by atoms with Gasteiger partial charge in [0, 0.05) is 37.1 Å². The topological polar surface area (TPSA) is 72.4 Å². The molecule has 0 saturated heterocycles. The minimum absolute atomic E-state index is 0.0200. The van der Waals surface area contributed by atoms with E-state index in [0.29, 0.717) is 5.69 Å². The van der Waals surface area contributed by atoms with Gasteiger partial charge in [-0.15, -0.1) is 0 Å². The maximum atomic E-state index is 10.8. The number of benzene rings is 2. The highest BCUT2D eigenvalue weighted by atomic mass is 16.6. The summed E-state index contributed by atoms with van der Waals surface area (Å²) < 4.78 is 0. The summed E-state index contributed by atoms with van der Waals surface area (Å²) in [6.45, 7) is 0.768. The number of likely N-dealkylation sites (N-methyl/N-ethyl adjacent to an activating group) is 1. The fourth-order valence-corrected chi connectivity index (χ4v) is 2.01. The van der Waals surface area contributed by atoms with Gasteiger partial charge in [-0.2, -0.15) is 0 Å². The Bertz CT molecular complexity index is 599. The van der Waals surface area contributed by atoms with Crippen LogP contribution in [0.25, 0.3) is 0 Å². The molecule has 5 heteroatoms. The smallest absolute Gasteiger partial charge is 0.273 e. The van der Waals surface area contributed by atoms with Crippen molar-refractivity contribution in [3.8, 4) is 0 Å². The van der Waals surface area contributed by atoms with Gasteiger partial charge in [0.15, 0.2) is 0 Å². The average molecular weight is 271 g/mol. The highest BCUT2D eigenvalue weighted by Gasteiger charge is 2.11. The molecule has 104 valence electrons. The lowest BCUT2D eigenvalue weighted by molar-refractivity contribution is -0.384. The van der Waals surface area contributed by atoms with Crippen LogP contribution in [0.4, 0.5) is 17.1 Å². The van der Waals surface area contributed by atoms with Crippen LogP contribution < -0.4 is 10.6 Å². The van der Waals surface area contributed by atoms with Crippen LogP contribution in [0.1, 0.15) is 5.56 Å². The first-order valence-electron chi connectivity index (χ1n) is 6.36. The molecular weight excluding hydrogens is 254 g/mol. The third kappa shape index (κ3) is 3.47. The Morgan fingerprint density at radius 3 is 2.55 bits per heavy atom. The molecule has 0 aliphatic carbocycles. The molecule has 0 atom stereocenters. The first kappa shape index (κ1) is 13.9. The molecule has 5 nitrogen and oxygen atoms in total. The Morgan fingerprint density at radius 1 is 1.20 bits per heavy atom. The van der Waals surface area contributed by atoms with Crippen molar-refractivity contribution in [2.45, 2.75) is 6.42 Å². The van der Waals surface area contributed by atoms with Crippen molar-refractivity contribution in [3.63, 3.8) is 0 Å². The summed E-state index contributed by atoms with van der Waals surface area (Å²) in [7, 11) is 1.90. The third-order valence-electron chi connectivity index (χ3n) is 3.16. The zero-order valence-electron chi connectivity index (χ0n) is 11.3. The van der Waals surface area contributed by atoms with Gasteiger partial charge in [-0.25, -0.2) is 0 Å². The Kier molecular flexibility index (Phi) is 4.20. The van der Waals surface area contributed by atoms with Crippen molar-refractivity contribution >= 4 is 17.1 Å². The Hall–Kier alpha value is -2.56. The van der Waals surface area contributed by atoms with Crippen LogP contribution in [0.2, 0.25) is 0 Å². The van der Waals surface area contributed by atoms with Crippen LogP contribution in [-0.2, 0) is 6.42 Å². The maximum absolute atomic E-state index is 10.8. The standard InChI is InChI=1S/C15H17N3O2/c1-17(8-7-12-5-3-2-4-6-12)14-9-13(16)10-15(11-14)18(19)20/h2-6,9-11H,7-8,16H2,1H3. The minimum Gasteiger partial charge on any atom is -0.398 e. The number of hydrogen-bond acceptors (Lipinski definition) is 4. The number of nitrogens with zero attached hydrogens (tertiary/aromatic N) is 2. The summed E-state index contributed by atoms with van der Waals surface area (Å²) in [5.74, 6) is 0. The number of rotatable bonds is 5. The van der Waals surface area contributed by atoms with E-state index in [9.17, 15) is 10.1 Å². The van der Waals surface area contributed by atoms with E-state index in [1.807, 2.05) is 30.1 Å². The number of nitro benzene ring substituents is 1. The van der Waals surface area contributed by atoms with Crippen molar-refractivity contribution in [2.24, 2.45) is 0 Å². The average Bonchev–Trinajstić information content (AvgIpc) is 2.45. The Labute approximate surface area is 117 Å². The van der Waals surface area contributed by atoms with E-state index in [1.165, 1.54) is 11.6 Å². The lowest BCUT2D eigenvalue weighted by atomic mass is 10.1. The molecule has 2 aromatic carbocycles. The highest BCUT2D eigenvalue weighted by molar-refractivity contribution is 5.62. The largest absolute Gasteiger partial charge is 0.398 e. The van der Waals surface area contributed by atoms with Crippen LogP contribution >= 0.6 is 0 Å². The van der Waals surface area contributed by atoms with E-state index < -0.39 is 4.92 Å². The van der Waals surface area contributed by atoms with Crippen molar-refractivity contribution in [1.29, 1.82) is 0 Å². The SMILES string of the molecule is CN(CCc1ccccc1)c1cc(N)cc([N+](=O)[O-])c1. The molecule has 0 amide bonds. The van der Waals surface area contributed by atoms with Crippen LogP contribution in [0, 0.1) is 10.1 Å². The quantitative estimate of drug-likeness (QED) is 0.515. The van der Waals surface area contributed by atoms with Gasteiger partial charge in [-0.3, -0.25) is 10.1 Å². The summed E-state index contributed by atoms with van der Waals surface area (Å²) in [5, 5.41) is 10.8. The second kappa shape index (κ2) is 6.06. The molecule has 20 heavy (non-hydrogen) atoms. The van der Waals surface area contributed by atoms with E-state index in [0.717, 1.165) is 18.7 Å². The highest BCUT2D eigenvalue weighted by Crippen LogP contribution is 2.24. The number of nitrogens with two attached hydrogens (primary N) is 1. The van der Waals surface area contributed by atoms with E-state index in [2.05, 4.69) is 12.1 Å². The molecule has 0 bridgehead atoms. The molecule has 0 radical (unpaired) electrons. The minimum atomic E-state index is -0.426. The van der Waals surface area contributed by atoms with Gasteiger partial charge in [0.25, 0.3) is 5.69 Å². The molecule has 0 unspecified atom stereocenters. The fourth-order valence-electron chi connectivity index (χ4n) is 2.01. The molecule has 2 aromatic rings. The van der Waals surface area contributed by atoms with Gasteiger partial charge in [0.05, 0.1) is 4.92 Å². The number of non-ortho nitro benzene ring substituents is 1. The zero-order valence-corrected chi connectivity index (χ0v) is 11.3.